The van der Waals surface area contributed by atoms with Crippen molar-refractivity contribution in [2.75, 3.05) is 6.61 Å². The lowest BCUT2D eigenvalue weighted by Gasteiger charge is -2.11. The summed E-state index contributed by atoms with van der Waals surface area (Å²) in [5.74, 6) is -0.0323. The Hall–Kier alpha value is -3.33. The average molecular weight is 507 g/mol. The minimum atomic E-state index is -0.593. The summed E-state index contributed by atoms with van der Waals surface area (Å²) in [5.41, 5.74) is 3.70. The molecule has 4 rings (SSSR count). The van der Waals surface area contributed by atoms with Crippen molar-refractivity contribution in [1.82, 2.24) is 10.6 Å². The van der Waals surface area contributed by atoms with E-state index in [9.17, 15) is 9.59 Å². The first-order valence-electron chi connectivity index (χ1n) is 9.40. The third-order valence-corrected chi connectivity index (χ3v) is 5.44. The summed E-state index contributed by atoms with van der Waals surface area (Å²) in [4.78, 5) is 24.8. The quantitative estimate of drug-likeness (QED) is 0.283. The fourth-order valence-electron chi connectivity index (χ4n) is 2.94. The maximum Gasteiger partial charge on any atom is 0.277 e. The van der Waals surface area contributed by atoms with Gasteiger partial charge in [0, 0.05) is 16.1 Å². The monoisotopic (exact) mass is 505 g/mol. The predicted molar refractivity (Wildman–Crippen MR) is 125 cm³/mol. The SMILES string of the molecule is Cc1cc2occ(/C=N/NC(=O)COc3c(Cl)cc(Cl)cc3-c3ccno3)c(=O)c2cc1Cl. The Kier molecular flexibility index (Phi) is 6.69. The minimum Gasteiger partial charge on any atom is -0.481 e. The van der Waals surface area contributed by atoms with E-state index in [-0.39, 0.29) is 21.8 Å². The molecule has 8 nitrogen and oxygen atoms in total. The maximum absolute atomic E-state index is 12.6. The number of aryl methyl sites for hydroxylation is 1. The summed E-state index contributed by atoms with van der Waals surface area (Å²) in [5, 5.41) is 8.73. The number of aromatic nitrogens is 1. The van der Waals surface area contributed by atoms with Crippen molar-refractivity contribution in [2.24, 2.45) is 5.10 Å². The van der Waals surface area contributed by atoms with E-state index in [4.69, 9.17) is 48.5 Å². The van der Waals surface area contributed by atoms with Crippen LogP contribution in [0.4, 0.5) is 0 Å². The van der Waals surface area contributed by atoms with Gasteiger partial charge in [-0.15, -0.1) is 0 Å². The summed E-state index contributed by atoms with van der Waals surface area (Å²) < 4.78 is 16.2. The molecule has 0 spiro atoms. The van der Waals surface area contributed by atoms with Crippen LogP contribution < -0.4 is 15.6 Å². The molecule has 0 saturated heterocycles. The second kappa shape index (κ2) is 9.66. The number of hydrazone groups is 1. The van der Waals surface area contributed by atoms with Crippen LogP contribution in [0.15, 0.2) is 61.6 Å². The molecule has 0 saturated carbocycles. The summed E-state index contributed by atoms with van der Waals surface area (Å²) in [7, 11) is 0. The lowest BCUT2D eigenvalue weighted by molar-refractivity contribution is -0.123. The number of ether oxygens (including phenoxy) is 1. The van der Waals surface area contributed by atoms with Gasteiger partial charge in [0.25, 0.3) is 5.91 Å². The Labute approximate surface area is 201 Å². The van der Waals surface area contributed by atoms with Crippen molar-refractivity contribution in [3.8, 4) is 17.1 Å². The molecule has 33 heavy (non-hydrogen) atoms. The number of amides is 1. The van der Waals surface area contributed by atoms with Crippen molar-refractivity contribution in [3.63, 3.8) is 0 Å². The Balaban J connectivity index is 1.45. The van der Waals surface area contributed by atoms with Gasteiger partial charge in [0.05, 0.1) is 33.9 Å². The van der Waals surface area contributed by atoms with Crippen LogP contribution in [0.25, 0.3) is 22.3 Å². The number of rotatable bonds is 6. The number of hydrogen-bond donors (Lipinski definition) is 1. The van der Waals surface area contributed by atoms with E-state index in [0.29, 0.717) is 32.3 Å². The van der Waals surface area contributed by atoms with Gasteiger partial charge in [0.15, 0.2) is 12.4 Å². The largest absolute Gasteiger partial charge is 0.481 e. The summed E-state index contributed by atoms with van der Waals surface area (Å²) >= 11 is 18.4. The molecule has 168 valence electrons. The van der Waals surface area contributed by atoms with Gasteiger partial charge >= 0.3 is 0 Å². The van der Waals surface area contributed by atoms with E-state index < -0.39 is 12.5 Å². The van der Waals surface area contributed by atoms with E-state index in [0.717, 1.165) is 5.56 Å². The Morgan fingerprint density at radius 3 is 2.79 bits per heavy atom. The molecule has 1 N–H and O–H groups in total. The molecule has 0 radical (unpaired) electrons. The molecule has 2 heterocycles. The van der Waals surface area contributed by atoms with E-state index in [1.54, 1.807) is 25.1 Å². The zero-order chi connectivity index (χ0) is 23.5. The highest BCUT2D eigenvalue weighted by molar-refractivity contribution is 6.36. The van der Waals surface area contributed by atoms with Gasteiger partial charge in [0.2, 0.25) is 5.43 Å². The Morgan fingerprint density at radius 1 is 1.21 bits per heavy atom. The molecule has 2 aromatic carbocycles. The molecule has 2 aromatic heterocycles. The molecule has 0 aliphatic rings. The van der Waals surface area contributed by atoms with Gasteiger partial charge in [-0.25, -0.2) is 5.43 Å². The number of fused-ring (bicyclic) bond motifs is 1. The number of nitrogens with zero attached hydrogens (tertiary/aromatic N) is 2. The van der Waals surface area contributed by atoms with Crippen LogP contribution in [0.5, 0.6) is 5.75 Å². The highest BCUT2D eigenvalue weighted by Gasteiger charge is 2.17. The fourth-order valence-corrected chi connectivity index (χ4v) is 3.66. The van der Waals surface area contributed by atoms with E-state index in [2.05, 4.69) is 15.7 Å². The second-order valence-corrected chi connectivity index (χ2v) is 8.09. The average Bonchev–Trinajstić information content (AvgIpc) is 3.30. The molecular formula is C22H14Cl3N3O5. The molecule has 0 fully saturated rings. The van der Waals surface area contributed by atoms with Gasteiger partial charge in [-0.2, -0.15) is 5.10 Å². The van der Waals surface area contributed by atoms with Gasteiger partial charge in [-0.1, -0.05) is 40.0 Å². The predicted octanol–water partition coefficient (Wildman–Crippen LogP) is 5.25. The van der Waals surface area contributed by atoms with E-state index in [1.807, 2.05) is 0 Å². The molecule has 0 unspecified atom stereocenters. The topological polar surface area (TPSA) is 107 Å². The highest BCUT2D eigenvalue weighted by atomic mass is 35.5. The van der Waals surface area contributed by atoms with E-state index in [1.165, 1.54) is 30.8 Å². The molecule has 0 aliphatic heterocycles. The van der Waals surface area contributed by atoms with Crippen molar-refractivity contribution >= 4 is 57.9 Å². The lowest BCUT2D eigenvalue weighted by Crippen LogP contribution is -2.25. The van der Waals surface area contributed by atoms with Crippen LogP contribution >= 0.6 is 34.8 Å². The molecular weight excluding hydrogens is 493 g/mol. The molecule has 0 aliphatic carbocycles. The van der Waals surface area contributed by atoms with Crippen LogP contribution in [0.1, 0.15) is 11.1 Å². The molecule has 11 heteroatoms. The van der Waals surface area contributed by atoms with Gasteiger partial charge in [-0.05, 0) is 36.8 Å². The Morgan fingerprint density at radius 2 is 2.03 bits per heavy atom. The van der Waals surface area contributed by atoms with Crippen LogP contribution in [0.2, 0.25) is 15.1 Å². The zero-order valence-electron chi connectivity index (χ0n) is 16.9. The number of halogens is 3. The van der Waals surface area contributed by atoms with Crippen LogP contribution in [0, 0.1) is 6.92 Å². The minimum absolute atomic E-state index is 0.136. The maximum atomic E-state index is 12.6. The van der Waals surface area contributed by atoms with E-state index >= 15 is 0 Å². The van der Waals surface area contributed by atoms with Gasteiger partial charge in [0.1, 0.15) is 17.6 Å². The number of carbonyl (C=O) groups is 1. The molecule has 0 bridgehead atoms. The van der Waals surface area contributed by atoms with Crippen molar-refractivity contribution < 1.29 is 18.5 Å². The first kappa shape index (κ1) is 22.8. The number of benzene rings is 2. The fraction of sp³-hybridized carbons (Fsp3) is 0.0909. The second-order valence-electron chi connectivity index (χ2n) is 6.84. The van der Waals surface area contributed by atoms with Crippen molar-refractivity contribution in [2.45, 2.75) is 6.92 Å². The van der Waals surface area contributed by atoms with Gasteiger partial charge in [-0.3, -0.25) is 9.59 Å². The smallest absolute Gasteiger partial charge is 0.277 e. The standard InChI is InChI=1S/C22H14Cl3N3O5/c1-11-4-19-14(7-16(11)24)21(30)12(9-31-19)8-26-28-20(29)10-32-22-15(18-2-3-27-33-18)5-13(23)6-17(22)25/h2-9H,10H2,1H3,(H,28,29)/b26-8+. The summed E-state index contributed by atoms with van der Waals surface area (Å²) in [6.07, 6.45) is 3.88. The third kappa shape index (κ3) is 5.03. The van der Waals surface area contributed by atoms with Crippen LogP contribution in [0.3, 0.4) is 0 Å². The Bertz CT molecular complexity index is 1430. The first-order valence-corrected chi connectivity index (χ1v) is 10.5. The van der Waals surface area contributed by atoms with Crippen molar-refractivity contribution in [1.29, 1.82) is 0 Å². The number of carbonyl (C=O) groups excluding carboxylic acids is 1. The lowest BCUT2D eigenvalue weighted by atomic mass is 10.1. The summed E-state index contributed by atoms with van der Waals surface area (Å²) in [6.45, 7) is 1.39. The molecule has 0 atom stereocenters. The van der Waals surface area contributed by atoms with Crippen LogP contribution in [-0.4, -0.2) is 23.9 Å². The number of hydrogen-bond acceptors (Lipinski definition) is 7. The third-order valence-electron chi connectivity index (χ3n) is 4.53. The number of nitrogens with one attached hydrogen (secondary N) is 1. The molecule has 1 amide bonds. The van der Waals surface area contributed by atoms with Crippen LogP contribution in [-0.2, 0) is 4.79 Å². The summed E-state index contributed by atoms with van der Waals surface area (Å²) in [6, 6.07) is 7.86. The van der Waals surface area contributed by atoms with Gasteiger partial charge < -0.3 is 13.7 Å². The van der Waals surface area contributed by atoms with Crippen molar-refractivity contribution in [3.05, 3.63) is 79.2 Å². The normalized spacial score (nSPS) is 11.3. The zero-order valence-corrected chi connectivity index (χ0v) is 19.2. The molecule has 4 aromatic rings. The first-order chi connectivity index (χ1) is 15.8. The highest BCUT2D eigenvalue weighted by Crippen LogP contribution is 2.38.